The molecule has 0 saturated heterocycles. The highest BCUT2D eigenvalue weighted by Gasteiger charge is 2.40. The largest absolute Gasteiger partial charge is 0.407 e. The molecule has 1 atom stereocenters. The van der Waals surface area contributed by atoms with Crippen LogP contribution in [0, 0.1) is 0 Å². The van der Waals surface area contributed by atoms with Crippen molar-refractivity contribution >= 4 is 0 Å². The molecule has 1 nitrogen and oxygen atoms in total. The number of hydrogen-bond acceptors (Lipinski definition) is 1. The number of alkyl halides is 3. The van der Waals surface area contributed by atoms with Crippen LogP contribution in [0.15, 0.2) is 24.3 Å². The lowest BCUT2D eigenvalue weighted by Gasteiger charge is -2.20. The summed E-state index contributed by atoms with van der Waals surface area (Å²) in [6.07, 6.45) is -2.05. The summed E-state index contributed by atoms with van der Waals surface area (Å²) >= 11 is 0. The van der Waals surface area contributed by atoms with E-state index < -0.39 is 12.2 Å². The summed E-state index contributed by atoms with van der Waals surface area (Å²) in [5.41, 5.74) is 1.33. The summed E-state index contributed by atoms with van der Waals surface area (Å²) in [5.74, 6) is 0.477. The molecular formula is C12H14F3N. The molecule has 1 N–H and O–H groups in total. The maximum atomic E-state index is 12.7. The highest BCUT2D eigenvalue weighted by Crippen LogP contribution is 2.41. The van der Waals surface area contributed by atoms with E-state index in [0.717, 1.165) is 18.4 Å². The van der Waals surface area contributed by atoms with E-state index in [1.54, 1.807) is 12.1 Å². The first-order valence-corrected chi connectivity index (χ1v) is 5.36. The third kappa shape index (κ3) is 2.38. The van der Waals surface area contributed by atoms with E-state index in [-0.39, 0.29) is 0 Å². The van der Waals surface area contributed by atoms with Gasteiger partial charge in [0.25, 0.3) is 0 Å². The zero-order valence-electron chi connectivity index (χ0n) is 9.01. The van der Waals surface area contributed by atoms with Crippen LogP contribution in [0.1, 0.15) is 35.9 Å². The van der Waals surface area contributed by atoms with E-state index in [1.807, 2.05) is 6.07 Å². The maximum absolute atomic E-state index is 12.7. The van der Waals surface area contributed by atoms with E-state index >= 15 is 0 Å². The maximum Gasteiger partial charge on any atom is 0.407 e. The van der Waals surface area contributed by atoms with Crippen LogP contribution < -0.4 is 5.32 Å². The molecule has 1 aliphatic rings. The Kier molecular flexibility index (Phi) is 2.93. The van der Waals surface area contributed by atoms with Gasteiger partial charge >= 0.3 is 6.18 Å². The van der Waals surface area contributed by atoms with Crippen molar-refractivity contribution in [3.05, 3.63) is 35.4 Å². The first-order valence-electron chi connectivity index (χ1n) is 5.36. The van der Waals surface area contributed by atoms with Crippen molar-refractivity contribution in [3.63, 3.8) is 0 Å². The lowest BCUT2D eigenvalue weighted by Crippen LogP contribution is -2.31. The molecule has 88 valence electrons. The van der Waals surface area contributed by atoms with Gasteiger partial charge in [-0.05, 0) is 36.9 Å². The van der Waals surface area contributed by atoms with Crippen LogP contribution in [0.2, 0.25) is 0 Å². The van der Waals surface area contributed by atoms with Crippen LogP contribution in [-0.2, 0) is 0 Å². The Labute approximate surface area is 92.7 Å². The summed E-state index contributed by atoms with van der Waals surface area (Å²) in [6.45, 7) is 0. The summed E-state index contributed by atoms with van der Waals surface area (Å²) in [4.78, 5) is 0. The summed E-state index contributed by atoms with van der Waals surface area (Å²) in [7, 11) is 1.34. The predicted molar refractivity (Wildman–Crippen MR) is 56.3 cm³/mol. The van der Waals surface area contributed by atoms with Crippen LogP contribution in [0.3, 0.4) is 0 Å². The second-order valence-corrected chi connectivity index (χ2v) is 4.21. The minimum Gasteiger partial charge on any atom is -0.306 e. The summed E-state index contributed by atoms with van der Waals surface area (Å²) in [6, 6.07) is 5.25. The van der Waals surface area contributed by atoms with Gasteiger partial charge in [-0.2, -0.15) is 13.2 Å². The van der Waals surface area contributed by atoms with Gasteiger partial charge in [-0.3, -0.25) is 0 Å². The van der Waals surface area contributed by atoms with Gasteiger partial charge in [0, 0.05) is 0 Å². The summed E-state index contributed by atoms with van der Waals surface area (Å²) < 4.78 is 38.1. The van der Waals surface area contributed by atoms with Crippen LogP contribution >= 0.6 is 0 Å². The Morgan fingerprint density at radius 3 is 2.50 bits per heavy atom. The fourth-order valence-electron chi connectivity index (χ4n) is 1.93. The van der Waals surface area contributed by atoms with Gasteiger partial charge in [-0.15, -0.1) is 0 Å². The van der Waals surface area contributed by atoms with Crippen molar-refractivity contribution in [2.45, 2.75) is 31.0 Å². The van der Waals surface area contributed by atoms with Crippen molar-refractivity contribution in [2.24, 2.45) is 0 Å². The number of halogens is 3. The van der Waals surface area contributed by atoms with E-state index in [1.165, 1.54) is 13.1 Å². The Morgan fingerprint density at radius 1 is 1.31 bits per heavy atom. The first-order chi connectivity index (χ1) is 7.52. The quantitative estimate of drug-likeness (QED) is 0.837. The summed E-state index contributed by atoms with van der Waals surface area (Å²) in [5, 5.41) is 2.32. The average Bonchev–Trinajstić information content (AvgIpc) is 3.00. The van der Waals surface area contributed by atoms with Crippen LogP contribution in [-0.4, -0.2) is 13.2 Å². The smallest absolute Gasteiger partial charge is 0.306 e. The van der Waals surface area contributed by atoms with E-state index in [0.29, 0.717) is 11.5 Å². The van der Waals surface area contributed by atoms with Crippen molar-refractivity contribution < 1.29 is 13.2 Å². The zero-order chi connectivity index (χ0) is 11.8. The molecule has 0 amide bonds. The van der Waals surface area contributed by atoms with Crippen LogP contribution in [0.25, 0.3) is 0 Å². The lowest BCUT2D eigenvalue weighted by molar-refractivity contribution is -0.156. The van der Waals surface area contributed by atoms with Gasteiger partial charge in [0.15, 0.2) is 0 Å². The highest BCUT2D eigenvalue weighted by atomic mass is 19.4. The molecule has 0 aromatic heterocycles. The fraction of sp³-hybridized carbons (Fsp3) is 0.500. The van der Waals surface area contributed by atoms with Crippen LogP contribution in [0.4, 0.5) is 13.2 Å². The molecule has 0 bridgehead atoms. The lowest BCUT2D eigenvalue weighted by atomic mass is 10.0. The molecule has 4 heteroatoms. The predicted octanol–water partition coefficient (Wildman–Crippen LogP) is 3.39. The number of nitrogens with one attached hydrogen (secondary N) is 1. The Balaban J connectivity index is 2.27. The number of rotatable bonds is 3. The van der Waals surface area contributed by atoms with Crippen molar-refractivity contribution in [3.8, 4) is 0 Å². The van der Waals surface area contributed by atoms with Crippen molar-refractivity contribution in [1.82, 2.24) is 5.32 Å². The van der Waals surface area contributed by atoms with E-state index in [9.17, 15) is 13.2 Å². The second-order valence-electron chi connectivity index (χ2n) is 4.21. The van der Waals surface area contributed by atoms with Gasteiger partial charge in [0.1, 0.15) is 6.04 Å². The Hall–Kier alpha value is -1.03. The molecule has 2 rings (SSSR count). The molecule has 1 aromatic rings. The third-order valence-corrected chi connectivity index (χ3v) is 2.91. The van der Waals surface area contributed by atoms with Crippen LogP contribution in [0.5, 0.6) is 0 Å². The Morgan fingerprint density at radius 2 is 2.00 bits per heavy atom. The second kappa shape index (κ2) is 4.09. The standard InChI is InChI=1S/C12H14F3N/c1-16-11(12(13,14)15)10-4-2-3-9(7-10)8-5-6-8/h2-4,7-8,11,16H,5-6H2,1H3. The van der Waals surface area contributed by atoms with Gasteiger partial charge < -0.3 is 5.32 Å². The van der Waals surface area contributed by atoms with Crippen molar-refractivity contribution in [2.75, 3.05) is 7.05 Å². The molecule has 1 aliphatic carbocycles. The first kappa shape index (κ1) is 11.5. The molecule has 1 aromatic carbocycles. The minimum absolute atomic E-state index is 0.305. The average molecular weight is 229 g/mol. The minimum atomic E-state index is -4.24. The molecule has 1 unspecified atom stereocenters. The number of hydrogen-bond donors (Lipinski definition) is 1. The number of benzene rings is 1. The fourth-order valence-corrected chi connectivity index (χ4v) is 1.93. The molecular weight excluding hydrogens is 215 g/mol. The molecule has 0 heterocycles. The van der Waals surface area contributed by atoms with Gasteiger partial charge in [-0.1, -0.05) is 24.3 Å². The molecule has 1 fully saturated rings. The van der Waals surface area contributed by atoms with Gasteiger partial charge in [0.05, 0.1) is 0 Å². The molecule has 0 radical (unpaired) electrons. The molecule has 1 saturated carbocycles. The monoisotopic (exact) mass is 229 g/mol. The molecule has 0 spiro atoms. The van der Waals surface area contributed by atoms with E-state index in [2.05, 4.69) is 5.32 Å². The van der Waals surface area contributed by atoms with Crippen molar-refractivity contribution in [1.29, 1.82) is 0 Å². The SMILES string of the molecule is CNC(c1cccc(C2CC2)c1)C(F)(F)F. The molecule has 16 heavy (non-hydrogen) atoms. The highest BCUT2D eigenvalue weighted by molar-refractivity contribution is 5.31. The van der Waals surface area contributed by atoms with Gasteiger partial charge in [0.2, 0.25) is 0 Å². The normalized spacial score (nSPS) is 18.5. The van der Waals surface area contributed by atoms with Gasteiger partial charge in [-0.25, -0.2) is 0 Å². The molecule has 0 aliphatic heterocycles. The Bertz CT molecular complexity index is 369. The zero-order valence-corrected chi connectivity index (χ0v) is 9.01. The third-order valence-electron chi connectivity index (χ3n) is 2.91. The van der Waals surface area contributed by atoms with E-state index in [4.69, 9.17) is 0 Å². The topological polar surface area (TPSA) is 12.0 Å².